The number of allylic oxidation sites excluding steroid dienone is 1. The fraction of sp³-hybridized carbons (Fsp3) is 0.222. The zero-order chi connectivity index (χ0) is 22.2. The van der Waals surface area contributed by atoms with Gasteiger partial charge in [0, 0.05) is 23.2 Å². The first-order chi connectivity index (χ1) is 15.6. The number of methoxy groups -OCH3 is 1. The molecule has 0 aromatic heterocycles. The molecule has 2 aliphatic rings. The van der Waals surface area contributed by atoms with Gasteiger partial charge in [0.25, 0.3) is 0 Å². The van der Waals surface area contributed by atoms with Gasteiger partial charge in [-0.05, 0) is 68.9 Å². The highest BCUT2D eigenvalue weighted by atomic mass is 79.9. The molecule has 0 unspecified atom stereocenters. The van der Waals surface area contributed by atoms with Crippen LogP contribution in [0.5, 0.6) is 11.5 Å². The van der Waals surface area contributed by atoms with E-state index in [1.807, 2.05) is 18.2 Å². The van der Waals surface area contributed by atoms with Crippen LogP contribution >= 0.6 is 15.9 Å². The van der Waals surface area contributed by atoms with Gasteiger partial charge >= 0.3 is 0 Å². The van der Waals surface area contributed by atoms with Crippen molar-refractivity contribution in [3.05, 3.63) is 69.7 Å². The van der Waals surface area contributed by atoms with E-state index in [0.717, 1.165) is 45.3 Å². The largest absolute Gasteiger partial charge is 0.493 e. The van der Waals surface area contributed by atoms with Gasteiger partial charge in [0.2, 0.25) is 0 Å². The van der Waals surface area contributed by atoms with Crippen molar-refractivity contribution in [3.8, 4) is 23.8 Å². The quantitative estimate of drug-likeness (QED) is 0.438. The molecule has 5 heteroatoms. The number of fused-ring (bicyclic) bond motifs is 4. The monoisotopic (exact) mass is 487 g/mol. The summed E-state index contributed by atoms with van der Waals surface area (Å²) in [4.78, 5) is 13.2. The number of carbonyl (C=O) groups excluding carboxylic acids is 1. The molecule has 0 amide bonds. The lowest BCUT2D eigenvalue weighted by Crippen LogP contribution is -2.27. The van der Waals surface area contributed by atoms with E-state index in [-0.39, 0.29) is 18.4 Å². The van der Waals surface area contributed by atoms with Crippen molar-refractivity contribution in [1.29, 1.82) is 0 Å². The predicted molar refractivity (Wildman–Crippen MR) is 131 cm³/mol. The average Bonchev–Trinajstić information content (AvgIpc) is 2.82. The van der Waals surface area contributed by atoms with Gasteiger partial charge in [-0.1, -0.05) is 36.3 Å². The van der Waals surface area contributed by atoms with E-state index in [4.69, 9.17) is 15.9 Å². The highest BCUT2D eigenvalue weighted by molar-refractivity contribution is 9.10. The number of Topliss-reactive ketones (excluding diaryl/α,β-unsaturated/α-hetero) is 1. The van der Waals surface area contributed by atoms with Gasteiger partial charge in [-0.3, -0.25) is 4.79 Å². The number of nitrogens with one attached hydrogen (secondary N) is 1. The smallest absolute Gasteiger partial charge is 0.176 e. The maximum atomic E-state index is 13.2. The summed E-state index contributed by atoms with van der Waals surface area (Å²) >= 11 is 3.60. The minimum absolute atomic E-state index is 0.143. The van der Waals surface area contributed by atoms with E-state index in [2.05, 4.69) is 57.5 Å². The van der Waals surface area contributed by atoms with Crippen LogP contribution < -0.4 is 14.8 Å². The summed E-state index contributed by atoms with van der Waals surface area (Å²) in [7, 11) is 1.60. The number of terminal acetylenes is 1. The molecule has 1 heterocycles. The second kappa shape index (κ2) is 8.37. The number of carbonyl (C=O) groups is 1. The first-order valence-electron chi connectivity index (χ1n) is 10.6. The second-order valence-corrected chi connectivity index (χ2v) is 8.84. The fourth-order valence-electron chi connectivity index (χ4n) is 4.81. The lowest BCUT2D eigenvalue weighted by atomic mass is 9.77. The Labute approximate surface area is 195 Å². The van der Waals surface area contributed by atoms with Gasteiger partial charge in [-0.25, -0.2) is 0 Å². The van der Waals surface area contributed by atoms with Crippen LogP contribution in [0, 0.1) is 12.3 Å². The molecule has 0 saturated carbocycles. The van der Waals surface area contributed by atoms with Crippen LogP contribution in [-0.4, -0.2) is 19.5 Å². The normalized spacial score (nSPS) is 17.3. The number of benzene rings is 3. The molecular weight excluding hydrogens is 466 g/mol. The summed E-state index contributed by atoms with van der Waals surface area (Å²) in [5.74, 6) is 3.80. The number of halogens is 1. The Kier molecular flexibility index (Phi) is 5.40. The Bertz CT molecular complexity index is 1320. The van der Waals surface area contributed by atoms with Gasteiger partial charge in [0.1, 0.15) is 6.61 Å². The van der Waals surface area contributed by atoms with Crippen molar-refractivity contribution < 1.29 is 14.3 Å². The van der Waals surface area contributed by atoms with Gasteiger partial charge in [0.15, 0.2) is 17.3 Å². The zero-order valence-electron chi connectivity index (χ0n) is 17.7. The number of hydrogen-bond donors (Lipinski definition) is 1. The van der Waals surface area contributed by atoms with E-state index in [0.29, 0.717) is 17.9 Å². The number of rotatable bonds is 4. The fourth-order valence-corrected chi connectivity index (χ4v) is 5.39. The van der Waals surface area contributed by atoms with Gasteiger partial charge < -0.3 is 14.8 Å². The van der Waals surface area contributed by atoms with Gasteiger partial charge in [-0.15, -0.1) is 6.42 Å². The highest BCUT2D eigenvalue weighted by Crippen LogP contribution is 2.49. The van der Waals surface area contributed by atoms with E-state index < -0.39 is 0 Å². The van der Waals surface area contributed by atoms with E-state index in [1.54, 1.807) is 7.11 Å². The third kappa shape index (κ3) is 3.36. The second-order valence-electron chi connectivity index (χ2n) is 7.98. The van der Waals surface area contributed by atoms with Crippen molar-refractivity contribution >= 4 is 43.7 Å². The van der Waals surface area contributed by atoms with Crippen LogP contribution in [0.1, 0.15) is 36.4 Å². The van der Waals surface area contributed by atoms with E-state index in [1.165, 1.54) is 10.8 Å². The molecule has 1 N–H and O–H groups in total. The number of ether oxygens (including phenoxy) is 2. The molecule has 1 aliphatic heterocycles. The van der Waals surface area contributed by atoms with Crippen LogP contribution in [0.4, 0.5) is 5.69 Å². The molecule has 1 aliphatic carbocycles. The van der Waals surface area contributed by atoms with Crippen LogP contribution in [-0.2, 0) is 4.79 Å². The summed E-state index contributed by atoms with van der Waals surface area (Å²) in [5.41, 5.74) is 5.14. The molecule has 3 aromatic carbocycles. The maximum Gasteiger partial charge on any atom is 0.176 e. The minimum Gasteiger partial charge on any atom is -0.493 e. The third-order valence-electron chi connectivity index (χ3n) is 6.16. The summed E-state index contributed by atoms with van der Waals surface area (Å²) < 4.78 is 12.0. The molecule has 0 radical (unpaired) electrons. The molecule has 0 spiro atoms. The molecule has 160 valence electrons. The van der Waals surface area contributed by atoms with Crippen LogP contribution in [0.25, 0.3) is 16.3 Å². The molecule has 4 nitrogen and oxygen atoms in total. The molecule has 3 aromatic rings. The van der Waals surface area contributed by atoms with Crippen LogP contribution in [0.3, 0.4) is 0 Å². The standard InChI is InChI=1S/C27H22BrNO3/c1-3-13-32-27-20(28)14-17(15-23(27)31-2)26-25-19(9-6-10-22(25)30)24-18-8-5-4-7-16(18)11-12-21(24)29-26/h1,4-5,7-8,11-12,14-15,26,29H,6,9-10,13H2,2H3/t26-/m1/s1. The topological polar surface area (TPSA) is 47.6 Å². The Morgan fingerprint density at radius 3 is 2.84 bits per heavy atom. The predicted octanol–water partition coefficient (Wildman–Crippen LogP) is 6.30. The van der Waals surface area contributed by atoms with Crippen molar-refractivity contribution in [2.24, 2.45) is 0 Å². The Balaban J connectivity index is 1.69. The summed E-state index contributed by atoms with van der Waals surface area (Å²) in [5, 5.41) is 6.00. The van der Waals surface area contributed by atoms with E-state index in [9.17, 15) is 4.79 Å². The molecule has 5 rings (SSSR count). The average molecular weight is 488 g/mol. The highest BCUT2D eigenvalue weighted by Gasteiger charge is 2.35. The van der Waals surface area contributed by atoms with Crippen molar-refractivity contribution in [2.45, 2.75) is 25.3 Å². The number of anilines is 1. The lowest BCUT2D eigenvalue weighted by molar-refractivity contribution is -0.116. The molecule has 1 atom stereocenters. The molecule has 32 heavy (non-hydrogen) atoms. The first-order valence-corrected chi connectivity index (χ1v) is 11.4. The Morgan fingerprint density at radius 1 is 1.19 bits per heavy atom. The van der Waals surface area contributed by atoms with Crippen LogP contribution in [0.2, 0.25) is 0 Å². The molecule has 0 fully saturated rings. The van der Waals surface area contributed by atoms with Crippen molar-refractivity contribution in [2.75, 3.05) is 19.0 Å². The molecule has 0 bridgehead atoms. The van der Waals surface area contributed by atoms with Gasteiger partial charge in [-0.2, -0.15) is 0 Å². The van der Waals surface area contributed by atoms with Gasteiger partial charge in [0.05, 0.1) is 17.6 Å². The first kappa shape index (κ1) is 20.7. The van der Waals surface area contributed by atoms with Crippen molar-refractivity contribution in [1.82, 2.24) is 0 Å². The van der Waals surface area contributed by atoms with Crippen molar-refractivity contribution in [3.63, 3.8) is 0 Å². The van der Waals surface area contributed by atoms with E-state index >= 15 is 0 Å². The Hall–Kier alpha value is -3.23. The molecular formula is C27H22BrNO3. The number of hydrogen-bond acceptors (Lipinski definition) is 4. The zero-order valence-corrected chi connectivity index (χ0v) is 19.3. The Morgan fingerprint density at radius 2 is 2.03 bits per heavy atom. The molecule has 0 saturated heterocycles. The lowest BCUT2D eigenvalue weighted by Gasteiger charge is -2.35. The summed E-state index contributed by atoms with van der Waals surface area (Å²) in [6.45, 7) is 0.143. The summed E-state index contributed by atoms with van der Waals surface area (Å²) in [6, 6.07) is 16.2. The minimum atomic E-state index is -0.265. The SMILES string of the molecule is C#CCOc1c(Br)cc([C@H]2Nc3ccc4ccccc4c3C3=C2C(=O)CCC3)cc1OC. The number of ketones is 1. The van der Waals surface area contributed by atoms with Crippen LogP contribution in [0.15, 0.2) is 58.6 Å². The summed E-state index contributed by atoms with van der Waals surface area (Å²) in [6.07, 6.45) is 7.69. The maximum absolute atomic E-state index is 13.2. The third-order valence-corrected chi connectivity index (χ3v) is 6.75.